The molecule has 2 aromatic rings. The zero-order chi connectivity index (χ0) is 24.6. The molecule has 10 nitrogen and oxygen atoms in total. The van der Waals surface area contributed by atoms with Crippen LogP contribution in [0.3, 0.4) is 0 Å². The first kappa shape index (κ1) is 25.6. The molecular formula is C23H29N3O7S. The Morgan fingerprint density at radius 2 is 2.03 bits per heavy atom. The summed E-state index contributed by atoms with van der Waals surface area (Å²) >= 11 is 0. The Kier molecular flexibility index (Phi) is 8.99. The molecule has 0 saturated carbocycles. The Morgan fingerprint density at radius 1 is 1.26 bits per heavy atom. The predicted molar refractivity (Wildman–Crippen MR) is 124 cm³/mol. The van der Waals surface area contributed by atoms with Crippen molar-refractivity contribution in [2.75, 3.05) is 38.7 Å². The average molecular weight is 492 g/mol. The summed E-state index contributed by atoms with van der Waals surface area (Å²) in [5.74, 6) is 0.267. The highest BCUT2D eigenvalue weighted by atomic mass is 32.2. The number of carbonyl (C=O) groups is 1. The number of anilines is 1. The topological polar surface area (TPSA) is 127 Å². The fourth-order valence-electron chi connectivity index (χ4n) is 3.37. The van der Waals surface area contributed by atoms with Gasteiger partial charge in [-0.3, -0.25) is 9.78 Å². The number of pyridine rings is 1. The molecule has 11 heteroatoms. The van der Waals surface area contributed by atoms with Gasteiger partial charge in [-0.05, 0) is 48.4 Å². The van der Waals surface area contributed by atoms with E-state index in [-0.39, 0.29) is 42.9 Å². The predicted octanol–water partition coefficient (Wildman–Crippen LogP) is 1.99. The molecule has 1 aliphatic heterocycles. The maximum atomic E-state index is 13.0. The minimum absolute atomic E-state index is 0.00406. The van der Waals surface area contributed by atoms with E-state index in [1.807, 2.05) is 6.92 Å². The van der Waals surface area contributed by atoms with E-state index in [9.17, 15) is 18.3 Å². The monoisotopic (exact) mass is 491 g/mol. The maximum absolute atomic E-state index is 13.0. The molecule has 1 amide bonds. The Balaban J connectivity index is 1.58. The molecule has 2 heterocycles. The van der Waals surface area contributed by atoms with Crippen LogP contribution in [0.5, 0.6) is 5.75 Å². The van der Waals surface area contributed by atoms with Gasteiger partial charge in [0.1, 0.15) is 5.75 Å². The first-order chi connectivity index (χ1) is 16.3. The van der Waals surface area contributed by atoms with Gasteiger partial charge in [-0.1, -0.05) is 6.92 Å². The minimum atomic E-state index is -3.85. The molecule has 0 fully saturated rings. The van der Waals surface area contributed by atoms with Gasteiger partial charge in [0, 0.05) is 25.7 Å². The van der Waals surface area contributed by atoms with E-state index < -0.39 is 22.2 Å². The molecule has 2 N–H and O–H groups in total. The Morgan fingerprint density at radius 3 is 2.68 bits per heavy atom. The summed E-state index contributed by atoms with van der Waals surface area (Å²) in [7, 11) is -2.35. The molecule has 1 aromatic heterocycles. The van der Waals surface area contributed by atoms with E-state index >= 15 is 0 Å². The molecule has 34 heavy (non-hydrogen) atoms. The fourth-order valence-corrected chi connectivity index (χ4v) is 4.78. The van der Waals surface area contributed by atoms with Gasteiger partial charge in [-0.2, -0.15) is 4.31 Å². The lowest BCUT2D eigenvalue weighted by molar-refractivity contribution is -0.145. The van der Waals surface area contributed by atoms with E-state index in [0.717, 1.165) is 4.31 Å². The maximum Gasteiger partial charge on any atom is 0.290 e. The first-order valence-electron chi connectivity index (χ1n) is 10.8. The molecule has 0 spiro atoms. The second kappa shape index (κ2) is 11.9. The number of amides is 1. The fraction of sp³-hybridized carbons (Fsp3) is 0.391. The van der Waals surface area contributed by atoms with Crippen molar-refractivity contribution in [1.29, 1.82) is 0 Å². The van der Waals surface area contributed by atoms with Crippen LogP contribution in [0.4, 0.5) is 5.69 Å². The number of nitrogens with zero attached hydrogens (tertiary/aromatic N) is 2. The van der Waals surface area contributed by atoms with E-state index in [2.05, 4.69) is 10.3 Å². The lowest BCUT2D eigenvalue weighted by Crippen LogP contribution is -2.37. The molecule has 1 aliphatic rings. The van der Waals surface area contributed by atoms with Gasteiger partial charge < -0.3 is 24.6 Å². The molecule has 0 radical (unpaired) electrons. The zero-order valence-corrected chi connectivity index (χ0v) is 19.9. The number of allylic oxidation sites excluding steroid dienone is 1. The van der Waals surface area contributed by atoms with E-state index in [0.29, 0.717) is 17.9 Å². The summed E-state index contributed by atoms with van der Waals surface area (Å²) in [6.45, 7) is 1.53. The highest BCUT2D eigenvalue weighted by Gasteiger charge is 2.28. The normalized spacial score (nSPS) is 18.2. The Bertz CT molecular complexity index is 1080. The number of carbonyl (C=O) groups excluding carboxylic acids is 1. The van der Waals surface area contributed by atoms with Crippen molar-refractivity contribution in [3.05, 3.63) is 60.6 Å². The first-order valence-corrected chi connectivity index (χ1v) is 12.2. The molecule has 0 aliphatic carbocycles. The molecule has 184 valence electrons. The third-order valence-electron chi connectivity index (χ3n) is 5.09. The number of rotatable bonds is 11. The standard InChI is InChI=1S/C23H29N3O7S/c1-17-14-21(23(28)25-18-4-3-9-24-16-18)33-22(15-17)32-13-11-26(10-12-27)34(29,30)20-7-5-19(31-2)6-8-20/h3-9,14,16-17,22,27H,10-13,15H2,1-2H3,(H,25,28)/t17-,22+/m1/s1. The van der Waals surface area contributed by atoms with Gasteiger partial charge in [0.15, 0.2) is 5.76 Å². The summed E-state index contributed by atoms with van der Waals surface area (Å²) in [4.78, 5) is 16.6. The van der Waals surface area contributed by atoms with E-state index in [1.165, 1.54) is 25.4 Å². The van der Waals surface area contributed by atoms with Crippen LogP contribution in [0.25, 0.3) is 0 Å². The van der Waals surface area contributed by atoms with Gasteiger partial charge in [-0.15, -0.1) is 0 Å². The van der Waals surface area contributed by atoms with Crippen molar-refractivity contribution in [1.82, 2.24) is 9.29 Å². The summed E-state index contributed by atoms with van der Waals surface area (Å²) in [6.07, 6.45) is 4.64. The number of aliphatic hydroxyl groups excluding tert-OH is 1. The number of hydrogen-bond acceptors (Lipinski definition) is 8. The number of benzene rings is 1. The van der Waals surface area contributed by atoms with Crippen LogP contribution < -0.4 is 10.1 Å². The summed E-state index contributed by atoms with van der Waals surface area (Å²) in [6, 6.07) is 9.43. The number of hydrogen-bond donors (Lipinski definition) is 2. The summed E-state index contributed by atoms with van der Waals surface area (Å²) in [5, 5.41) is 12.1. The van der Waals surface area contributed by atoms with Gasteiger partial charge >= 0.3 is 0 Å². The highest BCUT2D eigenvalue weighted by molar-refractivity contribution is 7.89. The minimum Gasteiger partial charge on any atom is -0.497 e. The van der Waals surface area contributed by atoms with Gasteiger partial charge in [0.25, 0.3) is 5.91 Å². The molecule has 0 saturated heterocycles. The summed E-state index contributed by atoms with van der Waals surface area (Å²) in [5.41, 5.74) is 0.538. The highest BCUT2D eigenvalue weighted by Crippen LogP contribution is 2.24. The molecular weight excluding hydrogens is 462 g/mol. The molecule has 3 rings (SSSR count). The van der Waals surface area contributed by atoms with Crippen molar-refractivity contribution < 1.29 is 32.5 Å². The number of nitrogens with one attached hydrogen (secondary N) is 1. The van der Waals surface area contributed by atoms with E-state index in [4.69, 9.17) is 14.2 Å². The SMILES string of the molecule is COc1ccc(S(=O)(=O)N(CCO)CCO[C@@H]2C[C@H](C)C=C(C(=O)Nc3cccnc3)O2)cc1. The second-order valence-electron chi connectivity index (χ2n) is 7.66. The van der Waals surface area contributed by atoms with E-state index in [1.54, 1.807) is 36.5 Å². The largest absolute Gasteiger partial charge is 0.497 e. The lowest BCUT2D eigenvalue weighted by atomic mass is 10.0. The Labute approximate surface area is 199 Å². The van der Waals surface area contributed by atoms with Crippen LogP contribution in [0.1, 0.15) is 13.3 Å². The van der Waals surface area contributed by atoms with Gasteiger partial charge in [0.2, 0.25) is 16.3 Å². The average Bonchev–Trinajstić information content (AvgIpc) is 2.83. The van der Waals surface area contributed by atoms with Gasteiger partial charge in [0.05, 0.1) is 37.1 Å². The third-order valence-corrected chi connectivity index (χ3v) is 7.01. The van der Waals surface area contributed by atoms with Gasteiger partial charge in [-0.25, -0.2) is 8.42 Å². The smallest absolute Gasteiger partial charge is 0.290 e. The summed E-state index contributed by atoms with van der Waals surface area (Å²) < 4.78 is 43.7. The third kappa shape index (κ3) is 6.76. The van der Waals surface area contributed by atoms with Crippen molar-refractivity contribution in [2.45, 2.75) is 24.5 Å². The zero-order valence-electron chi connectivity index (χ0n) is 19.1. The Hall–Kier alpha value is -2.99. The van der Waals surface area contributed by atoms with Crippen LogP contribution in [0.2, 0.25) is 0 Å². The number of aliphatic hydroxyl groups is 1. The molecule has 0 bridgehead atoms. The molecule has 2 atom stereocenters. The number of ether oxygens (including phenoxy) is 3. The quantitative estimate of drug-likeness (QED) is 0.489. The lowest BCUT2D eigenvalue weighted by Gasteiger charge is -2.28. The van der Waals surface area contributed by atoms with Crippen molar-refractivity contribution in [2.24, 2.45) is 5.92 Å². The van der Waals surface area contributed by atoms with Crippen LogP contribution >= 0.6 is 0 Å². The number of methoxy groups -OCH3 is 1. The molecule has 0 unspecified atom stereocenters. The van der Waals surface area contributed by atoms with Crippen molar-refractivity contribution in [3.8, 4) is 5.75 Å². The van der Waals surface area contributed by atoms with Crippen LogP contribution in [-0.2, 0) is 24.3 Å². The second-order valence-corrected chi connectivity index (χ2v) is 9.60. The number of sulfonamides is 1. The molecule has 1 aromatic carbocycles. The van der Waals surface area contributed by atoms with Crippen molar-refractivity contribution in [3.63, 3.8) is 0 Å². The van der Waals surface area contributed by atoms with Crippen molar-refractivity contribution >= 4 is 21.6 Å². The van der Waals surface area contributed by atoms with Crippen LogP contribution in [0.15, 0.2) is 65.5 Å². The van der Waals surface area contributed by atoms with Crippen LogP contribution in [-0.4, -0.2) is 68.4 Å². The number of aromatic nitrogens is 1. The van der Waals surface area contributed by atoms with Crippen LogP contribution in [0, 0.1) is 5.92 Å².